The molecule has 0 spiro atoms. The summed E-state index contributed by atoms with van der Waals surface area (Å²) in [6, 6.07) is 28.6. The zero-order valence-corrected chi connectivity index (χ0v) is 21.8. The predicted octanol–water partition coefficient (Wildman–Crippen LogP) is 8.99. The van der Waals surface area contributed by atoms with Gasteiger partial charge in [0.25, 0.3) is 0 Å². The van der Waals surface area contributed by atoms with Crippen molar-refractivity contribution >= 4 is 16.9 Å². The van der Waals surface area contributed by atoms with Gasteiger partial charge in [-0.1, -0.05) is 104 Å². The van der Waals surface area contributed by atoms with Crippen molar-refractivity contribution in [2.75, 3.05) is 0 Å². The first-order valence-electron chi connectivity index (χ1n) is 13.8. The van der Waals surface area contributed by atoms with Crippen molar-refractivity contribution in [2.24, 2.45) is 5.92 Å². The van der Waals surface area contributed by atoms with Crippen molar-refractivity contribution in [3.8, 4) is 0 Å². The van der Waals surface area contributed by atoms with Crippen LogP contribution in [0.5, 0.6) is 0 Å². The number of carbonyl (C=O) groups excluding carboxylic acids is 1. The maximum Gasteiger partial charge on any atom is 0.140 e. The Kier molecular flexibility index (Phi) is 7.66. The molecule has 2 aliphatic rings. The van der Waals surface area contributed by atoms with Crippen LogP contribution in [0.1, 0.15) is 86.1 Å². The summed E-state index contributed by atoms with van der Waals surface area (Å²) in [5.41, 5.74) is 10.9. The van der Waals surface area contributed by atoms with Crippen LogP contribution >= 0.6 is 0 Å². The highest BCUT2D eigenvalue weighted by molar-refractivity contribution is 5.89. The molecule has 3 aromatic rings. The fourth-order valence-corrected chi connectivity index (χ4v) is 6.09. The second-order valence-corrected chi connectivity index (χ2v) is 10.4. The molecule has 0 aliphatic heterocycles. The summed E-state index contributed by atoms with van der Waals surface area (Å²) >= 11 is 0. The first-order chi connectivity index (χ1) is 17.7. The second-order valence-electron chi connectivity index (χ2n) is 10.4. The second kappa shape index (κ2) is 11.2. The Morgan fingerprint density at radius 2 is 1.44 bits per heavy atom. The van der Waals surface area contributed by atoms with Gasteiger partial charge in [0.2, 0.25) is 0 Å². The van der Waals surface area contributed by atoms with Crippen LogP contribution in [0.2, 0.25) is 0 Å². The van der Waals surface area contributed by atoms with Crippen molar-refractivity contribution in [3.05, 3.63) is 118 Å². The van der Waals surface area contributed by atoms with Gasteiger partial charge in [-0.3, -0.25) is 4.79 Å². The van der Waals surface area contributed by atoms with Crippen molar-refractivity contribution in [1.82, 2.24) is 0 Å². The van der Waals surface area contributed by atoms with Crippen LogP contribution in [0, 0.1) is 5.92 Å². The predicted molar refractivity (Wildman–Crippen MR) is 152 cm³/mol. The van der Waals surface area contributed by atoms with E-state index in [9.17, 15) is 4.79 Å². The number of hydrogen-bond acceptors (Lipinski definition) is 1. The number of aryl methyl sites for hydroxylation is 2. The fraction of sp³-hybridized carbons (Fsp3) is 0.343. The van der Waals surface area contributed by atoms with Gasteiger partial charge < -0.3 is 0 Å². The van der Waals surface area contributed by atoms with Gasteiger partial charge in [-0.25, -0.2) is 0 Å². The fourth-order valence-electron chi connectivity index (χ4n) is 6.09. The van der Waals surface area contributed by atoms with Gasteiger partial charge in [-0.2, -0.15) is 0 Å². The van der Waals surface area contributed by atoms with Crippen LogP contribution in [0.15, 0.2) is 90.5 Å². The van der Waals surface area contributed by atoms with E-state index in [0.29, 0.717) is 12.2 Å². The molecule has 184 valence electrons. The van der Waals surface area contributed by atoms with Crippen LogP contribution in [0.4, 0.5) is 0 Å². The quantitative estimate of drug-likeness (QED) is 0.302. The molecule has 0 radical (unpaired) electrons. The average molecular weight is 475 g/mol. The number of benzene rings is 3. The summed E-state index contributed by atoms with van der Waals surface area (Å²) in [7, 11) is 0. The molecule has 0 aromatic heterocycles. The van der Waals surface area contributed by atoms with E-state index in [0.717, 1.165) is 38.5 Å². The van der Waals surface area contributed by atoms with E-state index in [1.807, 2.05) is 0 Å². The zero-order valence-electron chi connectivity index (χ0n) is 21.8. The molecule has 1 heteroatoms. The third-order valence-corrected chi connectivity index (χ3v) is 8.30. The number of allylic oxidation sites excluding steroid dienone is 4. The number of ketones is 1. The van der Waals surface area contributed by atoms with Gasteiger partial charge in [0.15, 0.2) is 0 Å². The molecule has 3 aromatic carbocycles. The van der Waals surface area contributed by atoms with Gasteiger partial charge >= 0.3 is 0 Å². The van der Waals surface area contributed by atoms with Crippen molar-refractivity contribution in [1.29, 1.82) is 0 Å². The highest BCUT2D eigenvalue weighted by Crippen LogP contribution is 2.44. The summed E-state index contributed by atoms with van der Waals surface area (Å²) in [6.45, 7) is 4.39. The lowest BCUT2D eigenvalue weighted by atomic mass is 9.83. The van der Waals surface area contributed by atoms with Gasteiger partial charge in [-0.15, -0.1) is 0 Å². The number of Topliss-reactive ketones (excluding diaryl/α,β-unsaturated/α-hetero) is 1. The standard InChI is InChI=1S/C35H38O/c1-3-25-13-17-29(18-14-25)32-12-8-11-28(32)21-22-35(36)34-24-31(27-9-6-5-7-10-27)23-33(34)30-19-15-26(4-2)16-20-30/h5-7,9-10,13-20,24,33-34H,3-4,8,11-12,21-23H2,1-2H3. The number of hydrogen-bond donors (Lipinski definition) is 0. The highest BCUT2D eigenvalue weighted by atomic mass is 16.1. The van der Waals surface area contributed by atoms with Gasteiger partial charge in [-0.05, 0) is 83.9 Å². The van der Waals surface area contributed by atoms with E-state index < -0.39 is 0 Å². The van der Waals surface area contributed by atoms with Gasteiger partial charge in [0.05, 0.1) is 0 Å². The topological polar surface area (TPSA) is 17.1 Å². The first-order valence-corrected chi connectivity index (χ1v) is 13.8. The van der Waals surface area contributed by atoms with Crippen LogP contribution in [0.25, 0.3) is 11.1 Å². The van der Waals surface area contributed by atoms with Crippen molar-refractivity contribution in [3.63, 3.8) is 0 Å². The smallest absolute Gasteiger partial charge is 0.140 e. The lowest BCUT2D eigenvalue weighted by Crippen LogP contribution is -2.17. The molecule has 0 heterocycles. The molecule has 2 unspecified atom stereocenters. The summed E-state index contributed by atoms with van der Waals surface area (Å²) < 4.78 is 0. The molecule has 36 heavy (non-hydrogen) atoms. The number of carbonyl (C=O) groups is 1. The molecule has 0 bridgehead atoms. The van der Waals surface area contributed by atoms with E-state index in [-0.39, 0.29) is 11.8 Å². The lowest BCUT2D eigenvalue weighted by molar-refractivity contribution is -0.121. The molecule has 0 saturated heterocycles. The Morgan fingerprint density at radius 3 is 2.11 bits per heavy atom. The molecule has 5 rings (SSSR count). The summed E-state index contributed by atoms with van der Waals surface area (Å²) in [5, 5.41) is 0. The Labute approximate surface area is 217 Å². The van der Waals surface area contributed by atoms with E-state index >= 15 is 0 Å². The molecule has 0 fully saturated rings. The normalized spacial score (nSPS) is 19.6. The molecule has 0 saturated carbocycles. The third kappa shape index (κ3) is 5.31. The van der Waals surface area contributed by atoms with E-state index in [4.69, 9.17) is 0 Å². The molecule has 0 N–H and O–H groups in total. The average Bonchev–Trinajstić information content (AvgIpc) is 3.60. The maximum atomic E-state index is 13.7. The van der Waals surface area contributed by atoms with Gasteiger partial charge in [0.1, 0.15) is 5.78 Å². The summed E-state index contributed by atoms with van der Waals surface area (Å²) in [6.07, 6.45) is 10.4. The first kappa shape index (κ1) is 24.5. The van der Waals surface area contributed by atoms with E-state index in [1.54, 1.807) is 0 Å². The third-order valence-electron chi connectivity index (χ3n) is 8.30. The molecule has 1 nitrogen and oxygen atoms in total. The minimum Gasteiger partial charge on any atom is -0.299 e. The molecule has 0 amide bonds. The molecule has 2 atom stereocenters. The Hall–Kier alpha value is -3.19. The Morgan fingerprint density at radius 1 is 0.778 bits per heavy atom. The molecule has 2 aliphatic carbocycles. The van der Waals surface area contributed by atoms with Crippen molar-refractivity contribution in [2.45, 2.75) is 71.1 Å². The minimum absolute atomic E-state index is 0.0398. The summed E-state index contributed by atoms with van der Waals surface area (Å²) in [4.78, 5) is 13.7. The Balaban J connectivity index is 1.36. The highest BCUT2D eigenvalue weighted by Gasteiger charge is 2.34. The summed E-state index contributed by atoms with van der Waals surface area (Å²) in [5.74, 6) is 0.588. The van der Waals surface area contributed by atoms with Crippen LogP contribution in [-0.2, 0) is 17.6 Å². The van der Waals surface area contributed by atoms with Crippen LogP contribution in [0.3, 0.4) is 0 Å². The maximum absolute atomic E-state index is 13.7. The van der Waals surface area contributed by atoms with Crippen LogP contribution in [-0.4, -0.2) is 5.78 Å². The monoisotopic (exact) mass is 474 g/mol. The molecular formula is C35H38O. The van der Waals surface area contributed by atoms with Gasteiger partial charge in [0, 0.05) is 18.3 Å². The molecular weight excluding hydrogens is 436 g/mol. The zero-order chi connectivity index (χ0) is 24.9. The number of rotatable bonds is 9. The van der Waals surface area contributed by atoms with E-state index in [2.05, 4.69) is 98.8 Å². The largest absolute Gasteiger partial charge is 0.299 e. The SMILES string of the molecule is CCc1ccc(C2=C(CCC(=O)C3C=C(c4ccccc4)CC3c3ccc(CC)cc3)CCC2)cc1. The van der Waals surface area contributed by atoms with Crippen molar-refractivity contribution < 1.29 is 4.79 Å². The minimum atomic E-state index is -0.0398. The van der Waals surface area contributed by atoms with E-state index in [1.165, 1.54) is 51.0 Å². The lowest BCUT2D eigenvalue weighted by Gasteiger charge is -2.20. The van der Waals surface area contributed by atoms with Crippen LogP contribution < -0.4 is 0 Å². The Bertz CT molecular complexity index is 1240.